The Morgan fingerprint density at radius 1 is 1.00 bits per heavy atom. The van der Waals surface area contributed by atoms with Gasteiger partial charge in [-0.05, 0) is 36.8 Å². The van der Waals surface area contributed by atoms with Crippen LogP contribution in [0.3, 0.4) is 0 Å². The molecule has 2 aromatic carbocycles. The molecule has 0 N–H and O–H groups in total. The zero-order valence-corrected chi connectivity index (χ0v) is 12.8. The number of carbonyl (C=O) groups is 2. The van der Waals surface area contributed by atoms with E-state index in [0.717, 1.165) is 5.56 Å². The summed E-state index contributed by atoms with van der Waals surface area (Å²) in [6, 6.07) is 15.5. The van der Waals surface area contributed by atoms with Crippen molar-refractivity contribution in [3.63, 3.8) is 0 Å². The van der Waals surface area contributed by atoms with Gasteiger partial charge in [0.05, 0.1) is 5.69 Å². The summed E-state index contributed by atoms with van der Waals surface area (Å²) in [4.78, 5) is 27.8. The van der Waals surface area contributed by atoms with E-state index < -0.39 is 6.04 Å². The fourth-order valence-electron chi connectivity index (χ4n) is 2.52. The Morgan fingerprint density at radius 3 is 2.27 bits per heavy atom. The molecule has 0 spiro atoms. The largest absolute Gasteiger partial charge is 0.332 e. The van der Waals surface area contributed by atoms with Gasteiger partial charge in [-0.3, -0.25) is 4.79 Å². The molecule has 112 valence electrons. The Kier molecular flexibility index (Phi) is 3.86. The number of benzene rings is 2. The molecular weight excluding hydrogens is 300 g/mol. The van der Waals surface area contributed by atoms with Gasteiger partial charge >= 0.3 is 6.03 Å². The Hall–Kier alpha value is -2.33. The average Bonchev–Trinajstić information content (AvgIpc) is 2.73. The maximum atomic E-state index is 12.6. The zero-order chi connectivity index (χ0) is 15.7. The number of halogens is 1. The Labute approximate surface area is 133 Å². The summed E-state index contributed by atoms with van der Waals surface area (Å²) in [5.74, 6) is -0.219. The second kappa shape index (κ2) is 5.81. The maximum absolute atomic E-state index is 12.6. The molecule has 3 amide bonds. The molecule has 1 saturated heterocycles. The molecule has 0 bridgehead atoms. The third-order valence-corrected chi connectivity index (χ3v) is 4.01. The van der Waals surface area contributed by atoms with Gasteiger partial charge in [0, 0.05) is 11.6 Å². The van der Waals surface area contributed by atoms with E-state index in [0.29, 0.717) is 17.3 Å². The Morgan fingerprint density at radius 2 is 1.64 bits per heavy atom. The molecule has 1 aliphatic rings. The van der Waals surface area contributed by atoms with Gasteiger partial charge in [-0.15, -0.1) is 0 Å². The topological polar surface area (TPSA) is 40.6 Å². The lowest BCUT2D eigenvalue weighted by Gasteiger charge is -2.19. The monoisotopic (exact) mass is 314 g/mol. The molecule has 1 fully saturated rings. The highest BCUT2D eigenvalue weighted by Gasteiger charge is 2.43. The molecule has 0 aliphatic carbocycles. The first-order chi connectivity index (χ1) is 10.6. The minimum Gasteiger partial charge on any atom is -0.308 e. The second-order valence-corrected chi connectivity index (χ2v) is 5.66. The first kappa shape index (κ1) is 14.6. The molecule has 5 heteroatoms. The quantitative estimate of drug-likeness (QED) is 0.811. The van der Waals surface area contributed by atoms with Crippen molar-refractivity contribution in [2.45, 2.75) is 19.5 Å². The molecule has 22 heavy (non-hydrogen) atoms. The molecule has 0 aromatic heterocycles. The fraction of sp³-hybridized carbons (Fsp3) is 0.176. The number of amides is 3. The van der Waals surface area contributed by atoms with E-state index in [-0.39, 0.29) is 11.9 Å². The lowest BCUT2D eigenvalue weighted by atomic mass is 10.2. The highest BCUT2D eigenvalue weighted by molar-refractivity contribution is 6.30. The van der Waals surface area contributed by atoms with Crippen molar-refractivity contribution < 1.29 is 9.59 Å². The van der Waals surface area contributed by atoms with E-state index in [2.05, 4.69) is 0 Å². The number of rotatable bonds is 3. The van der Waals surface area contributed by atoms with Gasteiger partial charge in [0.1, 0.15) is 6.04 Å². The summed E-state index contributed by atoms with van der Waals surface area (Å²) in [6.07, 6.45) is 0. The van der Waals surface area contributed by atoms with Crippen molar-refractivity contribution in [1.29, 1.82) is 0 Å². The van der Waals surface area contributed by atoms with E-state index in [1.807, 2.05) is 30.3 Å². The molecule has 1 heterocycles. The van der Waals surface area contributed by atoms with Crippen molar-refractivity contribution in [3.8, 4) is 0 Å². The predicted molar refractivity (Wildman–Crippen MR) is 85.8 cm³/mol. The maximum Gasteiger partial charge on any atom is 0.332 e. The van der Waals surface area contributed by atoms with E-state index in [4.69, 9.17) is 11.6 Å². The van der Waals surface area contributed by atoms with Crippen LogP contribution in [0.4, 0.5) is 10.5 Å². The average molecular weight is 315 g/mol. The number of nitrogens with zero attached hydrogens (tertiary/aromatic N) is 2. The summed E-state index contributed by atoms with van der Waals surface area (Å²) in [7, 11) is 0. The number of anilines is 1. The van der Waals surface area contributed by atoms with Crippen LogP contribution in [0.25, 0.3) is 0 Å². The number of urea groups is 1. The van der Waals surface area contributed by atoms with Crippen LogP contribution in [0, 0.1) is 0 Å². The smallest absolute Gasteiger partial charge is 0.308 e. The molecule has 0 saturated carbocycles. The lowest BCUT2D eigenvalue weighted by molar-refractivity contribution is -0.119. The van der Waals surface area contributed by atoms with Crippen molar-refractivity contribution in [1.82, 2.24) is 4.90 Å². The van der Waals surface area contributed by atoms with E-state index in [1.54, 1.807) is 36.1 Å². The van der Waals surface area contributed by atoms with Gasteiger partial charge < -0.3 is 4.90 Å². The normalized spacial score (nSPS) is 18.2. The van der Waals surface area contributed by atoms with Crippen LogP contribution in [0.15, 0.2) is 54.6 Å². The van der Waals surface area contributed by atoms with Crippen LogP contribution in [0.2, 0.25) is 5.02 Å². The fourth-order valence-corrected chi connectivity index (χ4v) is 2.65. The lowest BCUT2D eigenvalue weighted by Crippen LogP contribution is -2.33. The predicted octanol–water partition coefficient (Wildman–Crippen LogP) is 3.70. The molecule has 4 nitrogen and oxygen atoms in total. The van der Waals surface area contributed by atoms with E-state index in [9.17, 15) is 9.59 Å². The molecule has 3 rings (SSSR count). The summed E-state index contributed by atoms with van der Waals surface area (Å²) in [5, 5.41) is 0.567. The number of carbonyl (C=O) groups excluding carboxylic acids is 2. The van der Waals surface area contributed by atoms with Crippen LogP contribution >= 0.6 is 11.6 Å². The zero-order valence-electron chi connectivity index (χ0n) is 12.1. The number of imide groups is 1. The highest BCUT2D eigenvalue weighted by atomic mass is 35.5. The van der Waals surface area contributed by atoms with Gasteiger partial charge in [-0.2, -0.15) is 0 Å². The minimum absolute atomic E-state index is 0.219. The van der Waals surface area contributed by atoms with Crippen LogP contribution < -0.4 is 4.90 Å². The van der Waals surface area contributed by atoms with Crippen LogP contribution in [-0.4, -0.2) is 22.9 Å². The first-order valence-electron chi connectivity index (χ1n) is 7.02. The third kappa shape index (κ3) is 2.57. The Balaban J connectivity index is 1.87. The second-order valence-electron chi connectivity index (χ2n) is 5.22. The Bertz CT molecular complexity index is 700. The SMILES string of the molecule is C[C@@H]1C(=O)N(c2ccc(Cl)cc2)C(=O)N1Cc1ccccc1. The van der Waals surface area contributed by atoms with Crippen molar-refractivity contribution in [2.75, 3.05) is 4.90 Å². The number of hydrogen-bond donors (Lipinski definition) is 0. The number of hydrogen-bond acceptors (Lipinski definition) is 2. The van der Waals surface area contributed by atoms with Gasteiger partial charge in [0.2, 0.25) is 0 Å². The first-order valence-corrected chi connectivity index (χ1v) is 7.40. The van der Waals surface area contributed by atoms with Gasteiger partial charge in [0.15, 0.2) is 0 Å². The van der Waals surface area contributed by atoms with Gasteiger partial charge in [0.25, 0.3) is 5.91 Å². The van der Waals surface area contributed by atoms with Crippen molar-refractivity contribution in [3.05, 3.63) is 65.2 Å². The van der Waals surface area contributed by atoms with Gasteiger partial charge in [-0.1, -0.05) is 41.9 Å². The van der Waals surface area contributed by atoms with Crippen molar-refractivity contribution in [2.24, 2.45) is 0 Å². The summed E-state index contributed by atoms with van der Waals surface area (Å²) >= 11 is 5.86. The summed E-state index contributed by atoms with van der Waals surface area (Å²) < 4.78 is 0. The van der Waals surface area contributed by atoms with E-state index in [1.165, 1.54) is 4.90 Å². The summed E-state index contributed by atoms with van der Waals surface area (Å²) in [6.45, 7) is 2.16. The van der Waals surface area contributed by atoms with Crippen LogP contribution in [-0.2, 0) is 11.3 Å². The highest BCUT2D eigenvalue weighted by Crippen LogP contribution is 2.27. The molecular formula is C17H15ClN2O2. The standard InChI is InChI=1S/C17H15ClN2O2/c1-12-16(21)20(15-9-7-14(18)8-10-15)17(22)19(12)11-13-5-3-2-4-6-13/h2-10,12H,11H2,1H3/t12-/m1/s1. The van der Waals surface area contributed by atoms with E-state index >= 15 is 0 Å². The minimum atomic E-state index is -0.483. The van der Waals surface area contributed by atoms with Crippen LogP contribution in [0.5, 0.6) is 0 Å². The van der Waals surface area contributed by atoms with Gasteiger partial charge in [-0.25, -0.2) is 9.69 Å². The molecule has 2 aromatic rings. The molecule has 0 radical (unpaired) electrons. The molecule has 1 atom stereocenters. The van der Waals surface area contributed by atoms with Crippen molar-refractivity contribution >= 4 is 29.2 Å². The van der Waals surface area contributed by atoms with Crippen LogP contribution in [0.1, 0.15) is 12.5 Å². The molecule has 0 unspecified atom stereocenters. The summed E-state index contributed by atoms with van der Waals surface area (Å²) in [5.41, 5.74) is 1.54. The molecule has 1 aliphatic heterocycles. The third-order valence-electron chi connectivity index (χ3n) is 3.76.